The Morgan fingerprint density at radius 1 is 0.350 bits per heavy atom. The van der Waals surface area contributed by atoms with Gasteiger partial charge in [0.05, 0.1) is 12.6 Å². The predicted octanol–water partition coefficient (Wildman–Crippen LogP) is 25.6. The van der Waals surface area contributed by atoms with E-state index in [4.69, 9.17) is 4.74 Å². The number of fused-ring (bicyclic) bond motifs is 2. The largest absolute Gasteiger partial charge is 0.481 e. The molecule has 10 aromatic rings. The number of benzene rings is 3. The van der Waals surface area contributed by atoms with E-state index in [-0.39, 0.29) is 16.8 Å². The number of aromatic nitrogens is 7. The van der Waals surface area contributed by atoms with Gasteiger partial charge in [0.2, 0.25) is 17.8 Å². The SMILES string of the molecule is CC(C)(C)CCc1cccnc1.CC(C)(C)Cc1cc2ccccc2cn1.CC(C)(C)Cc1cccc2ncccc12.CC(C)(C)Cc1ccccc1.CC(C)(C)Cc1ccnc(F)c1.COc1ccc(CC(C)(C)C)cn1.Cc1ccc(CC(C)(C)C)cn1.Cc1ccc(F)nc1CC(C)(C)C. The summed E-state index contributed by atoms with van der Waals surface area (Å²) in [5.74, 6) is -0.0979. The lowest BCUT2D eigenvalue weighted by Crippen LogP contribution is -2.12. The molecule has 0 unspecified atom stereocenters. The second kappa shape index (κ2) is 41.4. The highest BCUT2D eigenvalue weighted by Gasteiger charge is 2.18. The first-order chi connectivity index (χ1) is 47.6. The summed E-state index contributed by atoms with van der Waals surface area (Å²) in [5, 5.41) is 3.79. The maximum atomic E-state index is 12.8. The molecule has 0 fully saturated rings. The van der Waals surface area contributed by atoms with Gasteiger partial charge in [-0.05, 0) is 208 Å². The molecule has 3 aromatic carbocycles. The van der Waals surface area contributed by atoms with E-state index in [9.17, 15) is 8.78 Å². The third kappa shape index (κ3) is 43.6. The fourth-order valence-electron chi connectivity index (χ4n) is 10.8. The van der Waals surface area contributed by atoms with Crippen LogP contribution < -0.4 is 4.74 Å². The van der Waals surface area contributed by atoms with Crippen molar-refractivity contribution in [1.29, 1.82) is 0 Å². The van der Waals surface area contributed by atoms with Crippen molar-refractivity contribution in [2.75, 3.05) is 7.11 Å². The first-order valence-electron chi connectivity index (χ1n) is 36.8. The Hall–Kier alpha value is -8.11. The highest BCUT2D eigenvalue weighted by atomic mass is 19.1. The second-order valence-electron chi connectivity index (χ2n) is 37.0. The molecular weight excluding hydrogens is 1270 g/mol. The summed E-state index contributed by atoms with van der Waals surface area (Å²) in [6, 6.07) is 50.6. The minimum Gasteiger partial charge on any atom is -0.481 e. The van der Waals surface area contributed by atoms with Gasteiger partial charge in [0, 0.05) is 77.3 Å². The molecule has 0 saturated carbocycles. The fraction of sp³-hybridized carbons (Fsp3) is 0.473. The first-order valence-corrected chi connectivity index (χ1v) is 36.8. The quantitative estimate of drug-likeness (QED) is 0.125. The van der Waals surface area contributed by atoms with Crippen LogP contribution in [0.5, 0.6) is 5.88 Å². The number of aryl methyl sites for hydroxylation is 3. The van der Waals surface area contributed by atoms with Crippen LogP contribution in [0.4, 0.5) is 8.78 Å². The zero-order chi connectivity index (χ0) is 77.5. The van der Waals surface area contributed by atoms with Crippen LogP contribution in [0.2, 0.25) is 0 Å². The summed E-state index contributed by atoms with van der Waals surface area (Å²) in [7, 11) is 1.63. The molecule has 0 aliphatic heterocycles. The molecule has 558 valence electrons. The van der Waals surface area contributed by atoms with E-state index in [2.05, 4.69) is 304 Å². The van der Waals surface area contributed by atoms with Crippen LogP contribution in [0.15, 0.2) is 195 Å². The smallest absolute Gasteiger partial charge is 0.213 e. The Balaban J connectivity index is 0.000000307. The van der Waals surface area contributed by atoms with E-state index in [0.29, 0.717) is 38.4 Å². The van der Waals surface area contributed by atoms with Gasteiger partial charge >= 0.3 is 0 Å². The number of hydrogen-bond donors (Lipinski definition) is 0. The molecule has 0 radical (unpaired) electrons. The van der Waals surface area contributed by atoms with Crippen LogP contribution in [0.3, 0.4) is 0 Å². The second-order valence-corrected chi connectivity index (χ2v) is 37.0. The number of ether oxygens (including phenoxy) is 1. The van der Waals surface area contributed by atoms with Crippen LogP contribution in [0.1, 0.15) is 229 Å². The zero-order valence-corrected chi connectivity index (χ0v) is 68.6. The predicted molar refractivity (Wildman–Crippen MR) is 437 cm³/mol. The molecule has 7 heterocycles. The van der Waals surface area contributed by atoms with E-state index in [1.54, 1.807) is 13.2 Å². The standard InChI is InChI=1S/2C14H17N.C11H16FN.C11H17NO.2C11H17N.C11H16.C10H14FN/c1-14(2,3)10-11-6-4-8-13-12(11)7-5-9-15-13;1-14(2,3)9-13-8-11-6-4-5-7-12(11)10-15-13;1-8-5-6-10(12)13-9(8)7-11(2,3)4;1-11(2,3)7-9-5-6-10(13-4)12-8-9;1-9-5-6-10(8-12-9)7-11(2,3)4;1-11(2,3)7-6-10-5-4-8-12-9-10;1-11(2,3)9-10-7-5-4-6-8-10;1-10(2,3)7-8-4-5-12-9(11)6-8/h4-9H,10H2,1-3H3;4-8,10H,9H2,1-3H3;5-6H,7H2,1-4H3;5-6,8H,7H2,1-4H3;5-6,8H,7H2,1-4H3;4-5,8-9H,6-7H2,1-3H3;4-8H,9H2,1-3H3;4-6H,7H2,1-3H3. The van der Waals surface area contributed by atoms with Crippen molar-refractivity contribution in [3.63, 3.8) is 0 Å². The highest BCUT2D eigenvalue weighted by molar-refractivity contribution is 5.82. The summed E-state index contributed by atoms with van der Waals surface area (Å²) in [6.07, 6.45) is 22.4. The Labute approximate surface area is 623 Å². The maximum absolute atomic E-state index is 12.8. The van der Waals surface area contributed by atoms with E-state index in [1.807, 2.05) is 81.4 Å². The van der Waals surface area contributed by atoms with Crippen molar-refractivity contribution in [3.8, 4) is 5.88 Å². The summed E-state index contributed by atoms with van der Waals surface area (Å²) in [5.41, 5.74) is 15.6. The van der Waals surface area contributed by atoms with Crippen molar-refractivity contribution >= 4 is 21.7 Å². The molecule has 0 aliphatic rings. The molecule has 0 bridgehead atoms. The Morgan fingerprint density at radius 3 is 1.40 bits per heavy atom. The van der Waals surface area contributed by atoms with Gasteiger partial charge in [-0.15, -0.1) is 0 Å². The molecule has 7 aromatic heterocycles. The van der Waals surface area contributed by atoms with E-state index < -0.39 is 5.95 Å². The third-order valence-electron chi connectivity index (χ3n) is 15.2. The molecule has 10 heteroatoms. The molecule has 0 spiro atoms. The van der Waals surface area contributed by atoms with Gasteiger partial charge in [-0.1, -0.05) is 263 Å². The fourth-order valence-corrected chi connectivity index (χ4v) is 10.8. The molecule has 10 rings (SSSR count). The van der Waals surface area contributed by atoms with Gasteiger partial charge in [0.15, 0.2) is 0 Å². The van der Waals surface area contributed by atoms with Gasteiger partial charge in [0.1, 0.15) is 0 Å². The van der Waals surface area contributed by atoms with Gasteiger partial charge < -0.3 is 4.74 Å². The van der Waals surface area contributed by atoms with Crippen molar-refractivity contribution in [2.45, 2.75) is 238 Å². The van der Waals surface area contributed by atoms with Crippen LogP contribution >= 0.6 is 0 Å². The molecule has 0 aliphatic carbocycles. The average molecular weight is 1400 g/mol. The molecule has 103 heavy (non-hydrogen) atoms. The molecule has 0 atom stereocenters. The van der Waals surface area contributed by atoms with Crippen LogP contribution in [0, 0.1) is 69.1 Å². The first kappa shape index (κ1) is 89.1. The Kier molecular flexibility index (Phi) is 35.8. The number of halogens is 2. The average Bonchev–Trinajstić information content (AvgIpc) is 0.825. The lowest BCUT2D eigenvalue weighted by Gasteiger charge is -2.19. The lowest BCUT2D eigenvalue weighted by atomic mass is 9.87. The third-order valence-corrected chi connectivity index (χ3v) is 15.2. The van der Waals surface area contributed by atoms with Crippen molar-refractivity contribution in [1.82, 2.24) is 34.9 Å². The molecule has 0 saturated heterocycles. The number of methoxy groups -OCH3 is 1. The summed E-state index contributed by atoms with van der Waals surface area (Å²) >= 11 is 0. The topological polar surface area (TPSA) is 99.5 Å². The Morgan fingerprint density at radius 2 is 0.883 bits per heavy atom. The maximum Gasteiger partial charge on any atom is 0.213 e. The minimum atomic E-state index is -0.392. The van der Waals surface area contributed by atoms with Crippen LogP contribution in [-0.4, -0.2) is 42.0 Å². The van der Waals surface area contributed by atoms with Crippen molar-refractivity contribution in [2.24, 2.45) is 43.3 Å². The van der Waals surface area contributed by atoms with E-state index in [1.165, 1.54) is 74.4 Å². The Bertz CT molecular complexity index is 3970. The molecule has 0 amide bonds. The van der Waals surface area contributed by atoms with E-state index >= 15 is 0 Å². The molecular formula is C93H131F2N7O. The molecule has 8 nitrogen and oxygen atoms in total. The number of hydrogen-bond acceptors (Lipinski definition) is 8. The number of rotatable bonds is 10. The number of pyridine rings is 7. The minimum absolute atomic E-state index is 0.158. The van der Waals surface area contributed by atoms with Crippen molar-refractivity contribution in [3.05, 3.63) is 263 Å². The lowest BCUT2D eigenvalue weighted by molar-refractivity contribution is 0.378. The summed E-state index contributed by atoms with van der Waals surface area (Å²) in [4.78, 5) is 28.8. The van der Waals surface area contributed by atoms with Crippen molar-refractivity contribution < 1.29 is 13.5 Å². The monoisotopic (exact) mass is 1400 g/mol. The summed E-state index contributed by atoms with van der Waals surface area (Å²) in [6.45, 7) is 57.2. The normalized spacial score (nSPS) is 11.7. The summed E-state index contributed by atoms with van der Waals surface area (Å²) < 4.78 is 30.4. The highest BCUT2D eigenvalue weighted by Crippen LogP contribution is 2.29. The van der Waals surface area contributed by atoms with Gasteiger partial charge in [-0.2, -0.15) is 8.78 Å². The van der Waals surface area contributed by atoms with Crippen LogP contribution in [-0.2, 0) is 51.4 Å². The van der Waals surface area contributed by atoms with Gasteiger partial charge in [-0.3, -0.25) is 19.9 Å². The van der Waals surface area contributed by atoms with Gasteiger partial charge in [-0.25, -0.2) is 15.0 Å². The van der Waals surface area contributed by atoms with E-state index in [0.717, 1.165) is 79.4 Å². The zero-order valence-electron chi connectivity index (χ0n) is 68.6. The van der Waals surface area contributed by atoms with Crippen LogP contribution in [0.25, 0.3) is 21.7 Å². The number of nitrogens with zero attached hydrogens (tertiary/aromatic N) is 7. The molecule has 0 N–H and O–H groups in total. The van der Waals surface area contributed by atoms with Gasteiger partial charge in [0.25, 0.3) is 0 Å².